The van der Waals surface area contributed by atoms with Crippen LogP contribution in [0.25, 0.3) is 0 Å². The molecule has 0 radical (unpaired) electrons. The molecule has 0 spiro atoms. The van der Waals surface area contributed by atoms with E-state index in [4.69, 9.17) is 4.74 Å². The van der Waals surface area contributed by atoms with Gasteiger partial charge < -0.3 is 4.74 Å². The number of ether oxygens (including phenoxy) is 1. The normalized spacial score (nSPS) is 29.3. The molecule has 1 rings (SSSR count). The van der Waals surface area contributed by atoms with E-state index in [2.05, 4.69) is 6.92 Å². The third kappa shape index (κ3) is 2.23. The number of carbonyl (C=O) groups is 1. The molecule has 1 fully saturated rings. The van der Waals surface area contributed by atoms with E-state index in [0.29, 0.717) is 5.92 Å². The van der Waals surface area contributed by atoms with Crippen molar-refractivity contribution in [1.29, 1.82) is 0 Å². The van der Waals surface area contributed by atoms with Gasteiger partial charge in [-0.25, -0.2) is 0 Å². The Morgan fingerprint density at radius 3 is 2.50 bits per heavy atom. The summed E-state index contributed by atoms with van der Waals surface area (Å²) < 4.78 is 5.17. The Bertz CT molecular complexity index is 163. The first-order valence-electron chi connectivity index (χ1n) is 4.81. The Morgan fingerprint density at radius 1 is 1.42 bits per heavy atom. The number of carbonyl (C=O) groups excluding carboxylic acids is 1. The van der Waals surface area contributed by atoms with Crippen LogP contribution in [-0.4, -0.2) is 12.1 Å². The van der Waals surface area contributed by atoms with Gasteiger partial charge in [0, 0.05) is 0 Å². The van der Waals surface area contributed by atoms with E-state index < -0.39 is 0 Å². The lowest BCUT2D eigenvalue weighted by molar-refractivity contribution is -0.153. The lowest BCUT2D eigenvalue weighted by Crippen LogP contribution is -2.22. The maximum atomic E-state index is 11.4. The fraction of sp³-hybridized carbons (Fsp3) is 0.900. The lowest BCUT2D eigenvalue weighted by atomic mass is 9.98. The van der Waals surface area contributed by atoms with Gasteiger partial charge in [0.05, 0.1) is 12.0 Å². The minimum absolute atomic E-state index is 0.00926. The van der Waals surface area contributed by atoms with Gasteiger partial charge in [-0.2, -0.15) is 0 Å². The average Bonchev–Trinajstić information content (AvgIpc) is 2.33. The minimum Gasteiger partial charge on any atom is -0.463 e. The largest absolute Gasteiger partial charge is 0.463 e. The third-order valence-corrected chi connectivity index (χ3v) is 2.52. The molecular weight excluding hydrogens is 152 g/mol. The molecule has 2 unspecified atom stereocenters. The molecule has 0 heterocycles. The van der Waals surface area contributed by atoms with Crippen molar-refractivity contribution < 1.29 is 9.53 Å². The quantitative estimate of drug-likeness (QED) is 0.595. The zero-order chi connectivity index (χ0) is 9.14. The molecule has 0 N–H and O–H groups in total. The summed E-state index contributed by atoms with van der Waals surface area (Å²) in [5, 5.41) is 0. The van der Waals surface area contributed by atoms with Crippen molar-refractivity contribution >= 4 is 5.97 Å². The summed E-state index contributed by atoms with van der Waals surface area (Å²) in [6.07, 6.45) is 3.41. The molecule has 1 aliphatic carbocycles. The minimum atomic E-state index is 0.00926. The lowest BCUT2D eigenvalue weighted by Gasteiger charge is -2.15. The third-order valence-electron chi connectivity index (χ3n) is 2.52. The molecule has 1 aliphatic rings. The van der Waals surface area contributed by atoms with Gasteiger partial charge in [0.2, 0.25) is 0 Å². The SMILES string of the molecule is CC(C)OC(=O)C1CCCC1C. The van der Waals surface area contributed by atoms with Gasteiger partial charge >= 0.3 is 5.97 Å². The molecule has 2 atom stereocenters. The van der Waals surface area contributed by atoms with E-state index in [9.17, 15) is 4.79 Å². The Kier molecular flexibility index (Phi) is 3.12. The second kappa shape index (κ2) is 3.92. The molecule has 2 nitrogen and oxygen atoms in total. The molecule has 70 valence electrons. The maximum absolute atomic E-state index is 11.4. The van der Waals surface area contributed by atoms with Gasteiger partial charge in [-0.15, -0.1) is 0 Å². The van der Waals surface area contributed by atoms with E-state index >= 15 is 0 Å². The van der Waals surface area contributed by atoms with Crippen LogP contribution in [0.4, 0.5) is 0 Å². The Labute approximate surface area is 74.3 Å². The van der Waals surface area contributed by atoms with Crippen molar-refractivity contribution in [3.63, 3.8) is 0 Å². The molecule has 0 aromatic rings. The molecule has 0 saturated heterocycles. The smallest absolute Gasteiger partial charge is 0.309 e. The molecule has 1 saturated carbocycles. The highest BCUT2D eigenvalue weighted by atomic mass is 16.5. The van der Waals surface area contributed by atoms with E-state index in [1.54, 1.807) is 0 Å². The average molecular weight is 170 g/mol. The highest BCUT2D eigenvalue weighted by Crippen LogP contribution is 2.32. The van der Waals surface area contributed by atoms with Crippen molar-refractivity contribution in [1.82, 2.24) is 0 Å². The Hall–Kier alpha value is -0.530. The molecular formula is C10H18O2. The topological polar surface area (TPSA) is 26.3 Å². The van der Waals surface area contributed by atoms with Gasteiger partial charge in [0.25, 0.3) is 0 Å². The van der Waals surface area contributed by atoms with Gasteiger partial charge in [-0.3, -0.25) is 4.79 Å². The first-order chi connectivity index (χ1) is 5.61. The molecule has 12 heavy (non-hydrogen) atoms. The summed E-state index contributed by atoms with van der Waals surface area (Å²) in [4.78, 5) is 11.4. The van der Waals surface area contributed by atoms with Crippen LogP contribution in [0.2, 0.25) is 0 Å². The predicted octanol–water partition coefficient (Wildman–Crippen LogP) is 2.37. The predicted molar refractivity (Wildman–Crippen MR) is 47.7 cm³/mol. The van der Waals surface area contributed by atoms with Gasteiger partial charge in [0.15, 0.2) is 0 Å². The standard InChI is InChI=1S/C10H18O2/c1-7(2)12-10(11)9-6-4-5-8(9)3/h7-9H,4-6H2,1-3H3. The number of esters is 1. The zero-order valence-corrected chi connectivity index (χ0v) is 8.17. The van der Waals surface area contributed by atoms with Crippen molar-refractivity contribution in [2.24, 2.45) is 11.8 Å². The van der Waals surface area contributed by atoms with Gasteiger partial charge in [-0.1, -0.05) is 13.3 Å². The van der Waals surface area contributed by atoms with Gasteiger partial charge in [0.1, 0.15) is 0 Å². The summed E-state index contributed by atoms with van der Waals surface area (Å²) >= 11 is 0. The van der Waals surface area contributed by atoms with Crippen LogP contribution in [0.15, 0.2) is 0 Å². The molecule has 0 aromatic carbocycles. The zero-order valence-electron chi connectivity index (χ0n) is 8.17. The number of hydrogen-bond donors (Lipinski definition) is 0. The molecule has 0 bridgehead atoms. The van der Waals surface area contributed by atoms with E-state index in [-0.39, 0.29) is 18.0 Å². The van der Waals surface area contributed by atoms with Crippen LogP contribution in [0.3, 0.4) is 0 Å². The molecule has 0 aliphatic heterocycles. The van der Waals surface area contributed by atoms with Crippen LogP contribution in [0.1, 0.15) is 40.0 Å². The maximum Gasteiger partial charge on any atom is 0.309 e. The summed E-state index contributed by atoms with van der Waals surface area (Å²) in [5.74, 6) is 0.707. The Morgan fingerprint density at radius 2 is 2.08 bits per heavy atom. The second-order valence-corrected chi connectivity index (χ2v) is 4.00. The van der Waals surface area contributed by atoms with Crippen LogP contribution >= 0.6 is 0 Å². The second-order valence-electron chi connectivity index (χ2n) is 4.00. The number of hydrogen-bond acceptors (Lipinski definition) is 2. The van der Waals surface area contributed by atoms with Crippen LogP contribution in [-0.2, 0) is 9.53 Å². The van der Waals surface area contributed by atoms with Crippen LogP contribution in [0.5, 0.6) is 0 Å². The first kappa shape index (κ1) is 9.56. The monoisotopic (exact) mass is 170 g/mol. The summed E-state index contributed by atoms with van der Waals surface area (Å²) in [7, 11) is 0. The highest BCUT2D eigenvalue weighted by Gasteiger charge is 2.31. The highest BCUT2D eigenvalue weighted by molar-refractivity contribution is 5.73. The Balaban J connectivity index is 2.41. The fourth-order valence-corrected chi connectivity index (χ4v) is 1.82. The first-order valence-corrected chi connectivity index (χ1v) is 4.81. The van der Waals surface area contributed by atoms with Crippen molar-refractivity contribution in [2.75, 3.05) is 0 Å². The van der Waals surface area contributed by atoms with E-state index in [1.165, 1.54) is 12.8 Å². The van der Waals surface area contributed by atoms with E-state index in [0.717, 1.165) is 6.42 Å². The van der Waals surface area contributed by atoms with Crippen LogP contribution < -0.4 is 0 Å². The fourth-order valence-electron chi connectivity index (χ4n) is 1.82. The number of rotatable bonds is 2. The summed E-state index contributed by atoms with van der Waals surface area (Å²) in [6, 6.07) is 0. The van der Waals surface area contributed by atoms with Gasteiger partial charge in [-0.05, 0) is 32.6 Å². The summed E-state index contributed by atoms with van der Waals surface area (Å²) in [6.45, 7) is 5.94. The van der Waals surface area contributed by atoms with Crippen molar-refractivity contribution in [2.45, 2.75) is 46.1 Å². The molecule has 0 amide bonds. The van der Waals surface area contributed by atoms with Crippen LogP contribution in [0, 0.1) is 11.8 Å². The summed E-state index contributed by atoms with van der Waals surface area (Å²) in [5.41, 5.74) is 0. The van der Waals surface area contributed by atoms with E-state index in [1.807, 2.05) is 13.8 Å². The van der Waals surface area contributed by atoms with Crippen molar-refractivity contribution in [3.8, 4) is 0 Å². The van der Waals surface area contributed by atoms with Crippen molar-refractivity contribution in [3.05, 3.63) is 0 Å². The molecule has 0 aromatic heterocycles. The molecule has 2 heteroatoms.